The summed E-state index contributed by atoms with van der Waals surface area (Å²) >= 11 is 0. The molecule has 2 rings (SSSR count). The summed E-state index contributed by atoms with van der Waals surface area (Å²) in [5.41, 5.74) is 2.66. The second-order valence-electron chi connectivity index (χ2n) is 4.62. The van der Waals surface area contributed by atoms with E-state index in [4.69, 9.17) is 0 Å². The molecule has 1 aromatic rings. The number of rotatable bonds is 6. The maximum absolute atomic E-state index is 3.95. The summed E-state index contributed by atoms with van der Waals surface area (Å²) in [4.78, 5) is 0. The first-order valence-corrected chi connectivity index (χ1v) is 8.76. The van der Waals surface area contributed by atoms with E-state index >= 15 is 0 Å². The first-order chi connectivity index (χ1) is 9.25. The molecular weight excluding hydrogens is 250 g/mol. The number of hydrogen-bond acceptors (Lipinski definition) is 1. The zero-order valence-electron chi connectivity index (χ0n) is 11.9. The lowest BCUT2D eigenvalue weighted by Crippen LogP contribution is -2.26. The Labute approximate surface area is 118 Å². The van der Waals surface area contributed by atoms with Crippen LogP contribution < -0.4 is 0 Å². The summed E-state index contributed by atoms with van der Waals surface area (Å²) in [6.45, 7) is 10.6. The summed E-state index contributed by atoms with van der Waals surface area (Å²) in [7, 11) is -0.977. The minimum Gasteiger partial charge on any atom is -0.261 e. The molecule has 0 N–H and O–H groups in total. The fourth-order valence-corrected chi connectivity index (χ4v) is 5.74. The Balaban J connectivity index is 2.36. The highest BCUT2D eigenvalue weighted by Gasteiger charge is 2.27. The quantitative estimate of drug-likeness (QED) is 0.673. The van der Waals surface area contributed by atoms with E-state index in [1.807, 2.05) is 0 Å². The Hall–Kier alpha value is -1.25. The molecule has 1 unspecified atom stereocenters. The van der Waals surface area contributed by atoms with Crippen LogP contribution in [0.25, 0.3) is 5.57 Å². The molecule has 0 aromatic heterocycles. The van der Waals surface area contributed by atoms with E-state index in [-0.39, 0.29) is 0 Å². The van der Waals surface area contributed by atoms with Crippen molar-refractivity contribution in [2.75, 3.05) is 18.8 Å². The fraction of sp³-hybridized carbons (Fsp3) is 0.294. The van der Waals surface area contributed by atoms with Gasteiger partial charge in [0.2, 0.25) is 0 Å². The molecule has 1 atom stereocenters. The summed E-state index contributed by atoms with van der Waals surface area (Å²) in [6, 6.07) is 10.6. The maximum Gasteiger partial charge on any atom is 0.0142 e. The van der Waals surface area contributed by atoms with Crippen LogP contribution in [0.5, 0.6) is 0 Å². The summed E-state index contributed by atoms with van der Waals surface area (Å²) in [5.74, 6) is 1.04. The van der Waals surface area contributed by atoms with Gasteiger partial charge in [-0.1, -0.05) is 50.3 Å². The van der Waals surface area contributed by atoms with E-state index in [0.29, 0.717) is 0 Å². The molecule has 0 fully saturated rings. The van der Waals surface area contributed by atoms with Crippen LogP contribution in [0, 0.1) is 0 Å². The van der Waals surface area contributed by atoms with Gasteiger partial charge >= 0.3 is 0 Å². The number of nitrogens with zero attached hydrogens (tertiary/aromatic N) is 1. The van der Waals surface area contributed by atoms with Gasteiger partial charge in [0.25, 0.3) is 0 Å². The van der Waals surface area contributed by atoms with E-state index < -0.39 is 10.2 Å². The molecule has 0 amide bonds. The molecule has 1 nitrogen and oxygen atoms in total. The van der Waals surface area contributed by atoms with E-state index in [9.17, 15) is 0 Å². The van der Waals surface area contributed by atoms with Crippen molar-refractivity contribution in [1.82, 2.24) is 4.31 Å². The highest BCUT2D eigenvalue weighted by Crippen LogP contribution is 2.59. The molecule has 1 aliphatic heterocycles. The molecule has 102 valence electrons. The fourth-order valence-electron chi connectivity index (χ4n) is 2.55. The zero-order valence-corrected chi connectivity index (χ0v) is 12.7. The van der Waals surface area contributed by atoms with Crippen molar-refractivity contribution < 1.29 is 0 Å². The molecular formula is C17H23NS. The number of hydrogen-bond donors (Lipinski definition) is 0. The largest absolute Gasteiger partial charge is 0.261 e. The van der Waals surface area contributed by atoms with Gasteiger partial charge in [0.15, 0.2) is 0 Å². The summed E-state index contributed by atoms with van der Waals surface area (Å²) in [6.07, 6.45) is 4.34. The smallest absolute Gasteiger partial charge is 0.0142 e. The Bertz CT molecular complexity index is 485. The van der Waals surface area contributed by atoms with Crippen molar-refractivity contribution >= 4 is 15.8 Å². The van der Waals surface area contributed by atoms with Crippen molar-refractivity contribution in [2.45, 2.75) is 13.8 Å². The van der Waals surface area contributed by atoms with E-state index in [1.54, 1.807) is 0 Å². The average molecular weight is 273 g/mol. The molecule has 0 radical (unpaired) electrons. The molecule has 2 heteroatoms. The van der Waals surface area contributed by atoms with Gasteiger partial charge < -0.3 is 0 Å². The minimum absolute atomic E-state index is 0.977. The van der Waals surface area contributed by atoms with E-state index in [1.165, 1.54) is 11.1 Å². The van der Waals surface area contributed by atoms with Crippen LogP contribution in [0.1, 0.15) is 19.4 Å². The van der Waals surface area contributed by atoms with Gasteiger partial charge in [-0.15, -0.1) is 16.8 Å². The second kappa shape index (κ2) is 6.27. The Kier molecular flexibility index (Phi) is 4.67. The van der Waals surface area contributed by atoms with E-state index in [2.05, 4.69) is 78.0 Å². The van der Waals surface area contributed by atoms with E-state index in [0.717, 1.165) is 18.8 Å². The molecule has 0 saturated carbocycles. The molecule has 0 saturated heterocycles. The Morgan fingerprint density at radius 1 is 1.16 bits per heavy atom. The molecule has 0 aliphatic carbocycles. The van der Waals surface area contributed by atoms with Gasteiger partial charge in [0.05, 0.1) is 0 Å². The Morgan fingerprint density at radius 2 is 1.84 bits per heavy atom. The van der Waals surface area contributed by atoms with Crippen LogP contribution >= 0.6 is 10.2 Å². The van der Waals surface area contributed by atoms with Crippen LogP contribution in [0.15, 0.2) is 59.9 Å². The third-order valence-corrected chi connectivity index (χ3v) is 7.01. The normalized spacial score (nSPS) is 25.1. The lowest BCUT2D eigenvalue weighted by Gasteiger charge is -2.42. The van der Waals surface area contributed by atoms with Gasteiger partial charge in [-0.3, -0.25) is 4.31 Å². The van der Waals surface area contributed by atoms with Gasteiger partial charge in [-0.25, -0.2) is 0 Å². The SMILES string of the molecule is C=CCS1(N(CC)CC)C=CC(c2ccccc2)=C1. The lowest BCUT2D eigenvalue weighted by atomic mass is 10.1. The molecule has 1 aromatic carbocycles. The van der Waals surface area contributed by atoms with Crippen molar-refractivity contribution in [1.29, 1.82) is 0 Å². The standard InChI is InChI=1S/C17H23NS/c1-4-13-19(18(5-2)6-3)14-12-17(15-19)16-10-8-7-9-11-16/h4,7-12,14-15H,1,5-6,13H2,2-3H3. The third-order valence-electron chi connectivity index (χ3n) is 3.49. The molecule has 0 bridgehead atoms. The predicted octanol–water partition coefficient (Wildman–Crippen LogP) is 4.80. The Morgan fingerprint density at radius 3 is 2.42 bits per heavy atom. The predicted molar refractivity (Wildman–Crippen MR) is 89.1 cm³/mol. The van der Waals surface area contributed by atoms with Crippen LogP contribution in [0.4, 0.5) is 0 Å². The third kappa shape index (κ3) is 2.85. The van der Waals surface area contributed by atoms with Crippen LogP contribution in [-0.4, -0.2) is 23.1 Å². The number of allylic oxidation sites excluding steroid dienone is 2. The van der Waals surface area contributed by atoms with Gasteiger partial charge in [0.1, 0.15) is 0 Å². The maximum atomic E-state index is 3.95. The first kappa shape index (κ1) is 14.2. The first-order valence-electron chi connectivity index (χ1n) is 6.88. The van der Waals surface area contributed by atoms with Crippen LogP contribution in [-0.2, 0) is 0 Å². The highest BCUT2D eigenvalue weighted by molar-refractivity contribution is 8.37. The van der Waals surface area contributed by atoms with Crippen molar-refractivity contribution in [3.8, 4) is 0 Å². The monoisotopic (exact) mass is 273 g/mol. The minimum atomic E-state index is -0.977. The van der Waals surface area contributed by atoms with Gasteiger partial charge in [0, 0.05) is 18.8 Å². The molecule has 19 heavy (non-hydrogen) atoms. The van der Waals surface area contributed by atoms with Crippen LogP contribution in [0.2, 0.25) is 0 Å². The highest BCUT2D eigenvalue weighted by atomic mass is 32.3. The number of benzene rings is 1. The second-order valence-corrected chi connectivity index (χ2v) is 7.60. The van der Waals surface area contributed by atoms with Crippen molar-refractivity contribution in [3.63, 3.8) is 0 Å². The molecule has 1 heterocycles. The van der Waals surface area contributed by atoms with Gasteiger partial charge in [-0.05, 0) is 28.0 Å². The van der Waals surface area contributed by atoms with Gasteiger partial charge in [-0.2, -0.15) is 0 Å². The average Bonchev–Trinajstić information content (AvgIpc) is 2.87. The molecule has 1 aliphatic rings. The summed E-state index contributed by atoms with van der Waals surface area (Å²) in [5, 5.41) is 4.88. The van der Waals surface area contributed by atoms with Crippen molar-refractivity contribution in [3.05, 3.63) is 65.4 Å². The topological polar surface area (TPSA) is 3.24 Å². The summed E-state index contributed by atoms with van der Waals surface area (Å²) < 4.78 is 2.57. The van der Waals surface area contributed by atoms with Crippen molar-refractivity contribution in [2.24, 2.45) is 0 Å². The lowest BCUT2D eigenvalue weighted by molar-refractivity contribution is 0.516. The van der Waals surface area contributed by atoms with Crippen LogP contribution in [0.3, 0.4) is 0 Å². The zero-order chi connectivity index (χ0) is 13.7. The molecule has 0 spiro atoms.